The zero-order valence-corrected chi connectivity index (χ0v) is 16.8. The molecule has 0 bridgehead atoms. The van der Waals surface area contributed by atoms with Gasteiger partial charge in [-0.1, -0.05) is 65.7 Å². The smallest absolute Gasteiger partial charge is 0.227 e. The summed E-state index contributed by atoms with van der Waals surface area (Å²) < 4.78 is 1.92. The number of aromatic nitrogens is 3. The van der Waals surface area contributed by atoms with Crippen molar-refractivity contribution in [2.75, 3.05) is 5.32 Å². The second-order valence-electron chi connectivity index (χ2n) is 6.78. The number of rotatable bonds is 3. The maximum atomic E-state index is 6.06. The van der Waals surface area contributed by atoms with Crippen molar-refractivity contribution in [3.63, 3.8) is 0 Å². The van der Waals surface area contributed by atoms with Crippen LogP contribution in [0.2, 0.25) is 10.0 Å². The number of fused-ring (bicyclic) bond motifs is 1. The highest BCUT2D eigenvalue weighted by molar-refractivity contribution is 6.30. The van der Waals surface area contributed by atoms with Crippen LogP contribution in [0.1, 0.15) is 17.2 Å². The molecule has 0 spiro atoms. The average molecular weight is 419 g/mol. The van der Waals surface area contributed by atoms with E-state index < -0.39 is 0 Å². The quantitative estimate of drug-likeness (QED) is 0.423. The molecule has 142 valence electrons. The summed E-state index contributed by atoms with van der Waals surface area (Å²) in [5.41, 5.74) is 4.06. The van der Waals surface area contributed by atoms with Crippen molar-refractivity contribution in [3.05, 3.63) is 106 Å². The Labute approximate surface area is 178 Å². The third-order valence-corrected chi connectivity index (χ3v) is 5.37. The number of hydrogen-bond acceptors (Lipinski definition) is 3. The molecule has 0 aliphatic carbocycles. The number of nitrogens with one attached hydrogen (secondary N) is 1. The molecule has 1 aliphatic heterocycles. The molecule has 0 saturated carbocycles. The molecule has 1 atom stereocenters. The van der Waals surface area contributed by atoms with E-state index in [0.717, 1.165) is 22.4 Å². The fourth-order valence-corrected chi connectivity index (χ4v) is 3.65. The summed E-state index contributed by atoms with van der Waals surface area (Å²) in [6.45, 7) is 0. The molecule has 0 fully saturated rings. The third kappa shape index (κ3) is 3.53. The molecule has 3 aromatic carbocycles. The van der Waals surface area contributed by atoms with Crippen LogP contribution in [0, 0.1) is 0 Å². The predicted molar refractivity (Wildman–Crippen MR) is 118 cm³/mol. The normalized spacial score (nSPS) is 15.4. The largest absolute Gasteiger partial charge is 0.324 e. The summed E-state index contributed by atoms with van der Waals surface area (Å²) in [5.74, 6) is 1.34. The number of halogens is 2. The molecule has 0 saturated heterocycles. The fraction of sp³-hybridized carbons (Fsp3) is 0.0435. The maximum absolute atomic E-state index is 6.06. The van der Waals surface area contributed by atoms with Gasteiger partial charge in [0.2, 0.25) is 5.95 Å². The van der Waals surface area contributed by atoms with Gasteiger partial charge in [-0.3, -0.25) is 0 Å². The molecule has 1 N–H and O–H groups in total. The highest BCUT2D eigenvalue weighted by atomic mass is 35.5. The van der Waals surface area contributed by atoms with E-state index >= 15 is 0 Å². The minimum absolute atomic E-state index is 0.0771. The van der Waals surface area contributed by atoms with E-state index in [1.54, 1.807) is 0 Å². The van der Waals surface area contributed by atoms with Gasteiger partial charge in [0.05, 0.1) is 0 Å². The Morgan fingerprint density at radius 3 is 2.03 bits per heavy atom. The van der Waals surface area contributed by atoms with Crippen molar-refractivity contribution in [3.8, 4) is 11.4 Å². The minimum atomic E-state index is -0.0771. The van der Waals surface area contributed by atoms with Gasteiger partial charge in [0.15, 0.2) is 5.82 Å². The zero-order chi connectivity index (χ0) is 19.8. The van der Waals surface area contributed by atoms with Gasteiger partial charge in [-0.25, -0.2) is 4.68 Å². The van der Waals surface area contributed by atoms with E-state index in [9.17, 15) is 0 Å². The van der Waals surface area contributed by atoms with Gasteiger partial charge in [0.25, 0.3) is 0 Å². The Hall–Kier alpha value is -3.08. The molecule has 0 unspecified atom stereocenters. The Kier molecular flexibility index (Phi) is 4.58. The summed E-state index contributed by atoms with van der Waals surface area (Å²) in [4.78, 5) is 4.75. The molecule has 29 heavy (non-hydrogen) atoms. The Morgan fingerprint density at radius 1 is 0.759 bits per heavy atom. The number of nitrogens with zero attached hydrogens (tertiary/aromatic N) is 3. The van der Waals surface area contributed by atoms with Crippen LogP contribution in [0.5, 0.6) is 0 Å². The summed E-state index contributed by atoms with van der Waals surface area (Å²) in [6, 6.07) is 25.5. The molecule has 5 rings (SSSR count). The second kappa shape index (κ2) is 7.39. The number of hydrogen-bond donors (Lipinski definition) is 1. The molecule has 2 heterocycles. The molecule has 0 radical (unpaired) electrons. The molecular weight excluding hydrogens is 403 g/mol. The SMILES string of the molecule is Clc1ccc(C2=C[C@H](c3ccccc3)n3nc(-c4ccc(Cl)cc4)nc3N2)cc1. The molecule has 0 amide bonds. The van der Waals surface area contributed by atoms with Crippen molar-refractivity contribution in [2.24, 2.45) is 0 Å². The van der Waals surface area contributed by atoms with Crippen LogP contribution in [0.15, 0.2) is 84.9 Å². The first-order valence-electron chi connectivity index (χ1n) is 9.19. The lowest BCUT2D eigenvalue weighted by molar-refractivity contribution is 0.613. The van der Waals surface area contributed by atoms with E-state index in [1.807, 2.05) is 71.4 Å². The molecular formula is C23H16Cl2N4. The first-order chi connectivity index (χ1) is 14.2. The van der Waals surface area contributed by atoms with Crippen molar-refractivity contribution in [1.82, 2.24) is 14.8 Å². The summed E-state index contributed by atoms with van der Waals surface area (Å²) >= 11 is 12.1. The lowest BCUT2D eigenvalue weighted by Gasteiger charge is -2.24. The van der Waals surface area contributed by atoms with E-state index in [-0.39, 0.29) is 6.04 Å². The monoisotopic (exact) mass is 418 g/mol. The summed E-state index contributed by atoms with van der Waals surface area (Å²) in [5, 5.41) is 9.59. The molecule has 4 nitrogen and oxygen atoms in total. The van der Waals surface area contributed by atoms with Crippen LogP contribution >= 0.6 is 23.2 Å². The number of anilines is 1. The highest BCUT2D eigenvalue weighted by Crippen LogP contribution is 2.34. The van der Waals surface area contributed by atoms with Crippen molar-refractivity contribution < 1.29 is 0 Å². The van der Waals surface area contributed by atoms with Crippen LogP contribution in [-0.4, -0.2) is 14.8 Å². The first kappa shape index (κ1) is 18.0. The lowest BCUT2D eigenvalue weighted by Crippen LogP contribution is -2.20. The van der Waals surface area contributed by atoms with Crippen molar-refractivity contribution in [1.29, 1.82) is 0 Å². The van der Waals surface area contributed by atoms with E-state index in [4.69, 9.17) is 33.3 Å². The Balaban J connectivity index is 1.61. The topological polar surface area (TPSA) is 42.7 Å². The van der Waals surface area contributed by atoms with Crippen LogP contribution in [0.4, 0.5) is 5.95 Å². The Bertz CT molecular complexity index is 1180. The molecule has 4 aromatic rings. The van der Waals surface area contributed by atoms with Gasteiger partial charge in [0.1, 0.15) is 6.04 Å². The van der Waals surface area contributed by atoms with Gasteiger partial charge < -0.3 is 5.32 Å². The minimum Gasteiger partial charge on any atom is -0.324 e. The second-order valence-corrected chi connectivity index (χ2v) is 7.65. The van der Waals surface area contributed by atoms with Gasteiger partial charge in [-0.2, -0.15) is 4.98 Å². The maximum Gasteiger partial charge on any atom is 0.227 e. The zero-order valence-electron chi connectivity index (χ0n) is 15.3. The van der Waals surface area contributed by atoms with Gasteiger partial charge in [-0.05, 0) is 53.6 Å². The molecule has 1 aromatic heterocycles. The van der Waals surface area contributed by atoms with Crippen molar-refractivity contribution >= 4 is 34.8 Å². The molecule has 1 aliphatic rings. The van der Waals surface area contributed by atoms with E-state index in [2.05, 4.69) is 23.5 Å². The highest BCUT2D eigenvalue weighted by Gasteiger charge is 2.25. The lowest BCUT2D eigenvalue weighted by atomic mass is 10.0. The van der Waals surface area contributed by atoms with Gasteiger partial charge in [0, 0.05) is 21.3 Å². The van der Waals surface area contributed by atoms with Crippen LogP contribution in [0.25, 0.3) is 17.1 Å². The predicted octanol–water partition coefficient (Wildman–Crippen LogP) is 6.31. The summed E-state index contributed by atoms with van der Waals surface area (Å²) in [6.07, 6.45) is 2.16. The van der Waals surface area contributed by atoms with Gasteiger partial charge in [-0.15, -0.1) is 5.10 Å². The van der Waals surface area contributed by atoms with Crippen LogP contribution < -0.4 is 5.32 Å². The third-order valence-electron chi connectivity index (χ3n) is 4.86. The molecule has 6 heteroatoms. The van der Waals surface area contributed by atoms with Crippen LogP contribution in [0.3, 0.4) is 0 Å². The standard InChI is InChI=1S/C23H16Cl2N4/c24-18-10-6-15(7-11-18)20-14-21(16-4-2-1-3-5-16)29-23(26-20)27-22(28-29)17-8-12-19(25)13-9-17/h1-14,21H,(H,26,27,28)/t21-/m1/s1. The number of benzene rings is 3. The number of allylic oxidation sites excluding steroid dienone is 1. The Morgan fingerprint density at radius 2 is 1.38 bits per heavy atom. The average Bonchev–Trinajstić information content (AvgIpc) is 3.19. The van der Waals surface area contributed by atoms with E-state index in [0.29, 0.717) is 21.8 Å². The first-order valence-corrected chi connectivity index (χ1v) is 9.95. The van der Waals surface area contributed by atoms with Crippen molar-refractivity contribution in [2.45, 2.75) is 6.04 Å². The fourth-order valence-electron chi connectivity index (χ4n) is 3.40. The van der Waals surface area contributed by atoms with Crippen LogP contribution in [-0.2, 0) is 0 Å². The van der Waals surface area contributed by atoms with E-state index in [1.165, 1.54) is 0 Å². The summed E-state index contributed by atoms with van der Waals surface area (Å²) in [7, 11) is 0. The van der Waals surface area contributed by atoms with Gasteiger partial charge >= 0.3 is 0 Å².